The summed E-state index contributed by atoms with van der Waals surface area (Å²) >= 11 is 0. The monoisotopic (exact) mass is 465 g/mol. The summed E-state index contributed by atoms with van der Waals surface area (Å²) in [5.74, 6) is -1.23. The van der Waals surface area contributed by atoms with Crippen molar-refractivity contribution in [2.45, 2.75) is 17.0 Å². The van der Waals surface area contributed by atoms with Crippen LogP contribution in [-0.2, 0) is 24.3 Å². The van der Waals surface area contributed by atoms with E-state index in [4.69, 9.17) is 4.74 Å². The van der Waals surface area contributed by atoms with Crippen molar-refractivity contribution in [2.24, 2.45) is 0 Å². The molecule has 0 saturated carbocycles. The van der Waals surface area contributed by atoms with Gasteiger partial charge < -0.3 is 19.6 Å². The van der Waals surface area contributed by atoms with Gasteiger partial charge in [0.15, 0.2) is 0 Å². The van der Waals surface area contributed by atoms with Gasteiger partial charge >= 0.3 is 0 Å². The fourth-order valence-corrected chi connectivity index (χ4v) is 4.34. The van der Waals surface area contributed by atoms with E-state index in [9.17, 15) is 27.5 Å². The number of hydrogen-bond acceptors (Lipinski definition) is 6. The molecule has 0 spiro atoms. The van der Waals surface area contributed by atoms with Crippen LogP contribution in [0.4, 0.5) is 10.1 Å². The van der Waals surface area contributed by atoms with Crippen molar-refractivity contribution in [3.63, 3.8) is 0 Å². The Morgan fingerprint density at radius 1 is 1.19 bits per heavy atom. The fraction of sp³-hybridized carbons (Fsp3) is 0.333. The van der Waals surface area contributed by atoms with Gasteiger partial charge in [0.1, 0.15) is 25.1 Å². The van der Waals surface area contributed by atoms with E-state index in [0.717, 1.165) is 24.3 Å². The van der Waals surface area contributed by atoms with Crippen molar-refractivity contribution < 1.29 is 32.2 Å². The average Bonchev–Trinajstić information content (AvgIpc) is 2.75. The molecule has 1 aliphatic heterocycles. The van der Waals surface area contributed by atoms with Gasteiger partial charge in [0.05, 0.1) is 17.5 Å². The van der Waals surface area contributed by atoms with E-state index in [-0.39, 0.29) is 29.6 Å². The number of hydrogen-bond donors (Lipinski definition) is 2. The Hall–Kier alpha value is -3.02. The lowest BCUT2D eigenvalue weighted by Gasteiger charge is -2.40. The zero-order chi connectivity index (χ0) is 23.5. The molecule has 2 atom stereocenters. The van der Waals surface area contributed by atoms with E-state index >= 15 is 0 Å². The highest BCUT2D eigenvalue weighted by Gasteiger charge is 2.38. The first-order valence-corrected chi connectivity index (χ1v) is 11.2. The van der Waals surface area contributed by atoms with Crippen molar-refractivity contribution >= 4 is 27.5 Å². The highest BCUT2D eigenvalue weighted by Crippen LogP contribution is 2.30. The number of benzene rings is 2. The predicted octanol–water partition coefficient (Wildman–Crippen LogP) is 0.975. The van der Waals surface area contributed by atoms with Crippen LogP contribution in [0.1, 0.15) is 11.7 Å². The second-order valence-corrected chi connectivity index (χ2v) is 9.16. The summed E-state index contributed by atoms with van der Waals surface area (Å²) in [7, 11) is -0.756. The molecule has 2 N–H and O–H groups in total. The number of carbonyl (C=O) groups is 2. The van der Waals surface area contributed by atoms with E-state index < -0.39 is 40.5 Å². The summed E-state index contributed by atoms with van der Waals surface area (Å²) in [6, 6.07) is 9.90. The summed E-state index contributed by atoms with van der Waals surface area (Å²) < 4.78 is 46.0. The minimum absolute atomic E-state index is 0.0846. The van der Waals surface area contributed by atoms with Crippen LogP contribution in [0, 0.1) is 5.82 Å². The Balaban J connectivity index is 1.77. The SMILES string of the molecule is CN(C)C(=O)CN1C(=O)CO[C@H](c2ccc(NS(=O)(=O)c3ccc(F)cc3)cc2)[C@H]1CO. The predicted molar refractivity (Wildman–Crippen MR) is 114 cm³/mol. The van der Waals surface area contributed by atoms with E-state index in [1.54, 1.807) is 26.2 Å². The maximum absolute atomic E-state index is 13.1. The molecule has 1 heterocycles. The quantitative estimate of drug-likeness (QED) is 0.630. The Morgan fingerprint density at radius 3 is 2.38 bits per heavy atom. The van der Waals surface area contributed by atoms with E-state index in [1.165, 1.54) is 21.9 Å². The smallest absolute Gasteiger partial charge is 0.261 e. The number of rotatable bonds is 7. The number of anilines is 1. The van der Waals surface area contributed by atoms with Crippen LogP contribution in [0.3, 0.4) is 0 Å². The van der Waals surface area contributed by atoms with Crippen LogP contribution >= 0.6 is 0 Å². The van der Waals surface area contributed by atoms with Crippen LogP contribution in [0.25, 0.3) is 0 Å². The number of aliphatic hydroxyl groups is 1. The molecule has 1 saturated heterocycles. The molecular weight excluding hydrogens is 441 g/mol. The summed E-state index contributed by atoms with van der Waals surface area (Å²) in [5, 5.41) is 9.90. The number of morpholine rings is 1. The van der Waals surface area contributed by atoms with Gasteiger partial charge in [0.2, 0.25) is 11.8 Å². The molecule has 0 aliphatic carbocycles. The van der Waals surface area contributed by atoms with Gasteiger partial charge in [-0.05, 0) is 42.0 Å². The number of ether oxygens (including phenoxy) is 1. The summed E-state index contributed by atoms with van der Waals surface area (Å²) in [5.41, 5.74) is 0.869. The lowest BCUT2D eigenvalue weighted by atomic mass is 9.99. The van der Waals surface area contributed by atoms with Gasteiger partial charge in [-0.2, -0.15) is 0 Å². The van der Waals surface area contributed by atoms with Gasteiger partial charge in [-0.15, -0.1) is 0 Å². The minimum Gasteiger partial charge on any atom is -0.394 e. The third-order valence-electron chi connectivity index (χ3n) is 5.06. The van der Waals surface area contributed by atoms with E-state index in [2.05, 4.69) is 4.72 Å². The van der Waals surface area contributed by atoms with Crippen molar-refractivity contribution in [1.29, 1.82) is 0 Å². The zero-order valence-electron chi connectivity index (χ0n) is 17.6. The fourth-order valence-electron chi connectivity index (χ4n) is 3.28. The summed E-state index contributed by atoms with van der Waals surface area (Å²) in [4.78, 5) is 26.9. The molecule has 11 heteroatoms. The molecule has 172 valence electrons. The molecule has 0 radical (unpaired) electrons. The van der Waals surface area contributed by atoms with E-state index in [0.29, 0.717) is 5.56 Å². The first-order chi connectivity index (χ1) is 15.1. The van der Waals surface area contributed by atoms with Crippen molar-refractivity contribution in [2.75, 3.05) is 38.6 Å². The number of aliphatic hydroxyl groups excluding tert-OH is 1. The highest BCUT2D eigenvalue weighted by molar-refractivity contribution is 7.92. The highest BCUT2D eigenvalue weighted by atomic mass is 32.2. The Labute approximate surface area is 185 Å². The first-order valence-electron chi connectivity index (χ1n) is 9.73. The third-order valence-corrected chi connectivity index (χ3v) is 6.46. The van der Waals surface area contributed by atoms with Gasteiger partial charge in [-0.25, -0.2) is 12.8 Å². The average molecular weight is 466 g/mol. The molecule has 32 heavy (non-hydrogen) atoms. The number of halogens is 1. The largest absolute Gasteiger partial charge is 0.394 e. The number of amides is 2. The van der Waals surface area contributed by atoms with Gasteiger partial charge in [-0.1, -0.05) is 12.1 Å². The zero-order valence-corrected chi connectivity index (χ0v) is 18.4. The summed E-state index contributed by atoms with van der Waals surface area (Å²) in [6.07, 6.45) is -0.699. The van der Waals surface area contributed by atoms with Crippen molar-refractivity contribution in [3.8, 4) is 0 Å². The normalized spacial score (nSPS) is 19.0. The third kappa shape index (κ3) is 5.23. The van der Waals surface area contributed by atoms with Gasteiger partial charge in [0, 0.05) is 19.8 Å². The van der Waals surface area contributed by atoms with Crippen LogP contribution in [0.2, 0.25) is 0 Å². The van der Waals surface area contributed by atoms with Gasteiger partial charge in [0.25, 0.3) is 10.0 Å². The Morgan fingerprint density at radius 2 is 1.81 bits per heavy atom. The molecule has 3 rings (SSSR count). The topological polar surface area (TPSA) is 116 Å². The number of nitrogens with zero attached hydrogens (tertiary/aromatic N) is 2. The molecule has 2 aromatic rings. The molecule has 0 unspecified atom stereocenters. The first kappa shape index (κ1) is 23.6. The maximum atomic E-state index is 13.1. The van der Waals surface area contributed by atoms with Gasteiger partial charge in [-0.3, -0.25) is 14.3 Å². The standard InChI is InChI=1S/C21H24FN3O6S/c1-24(2)19(27)11-25-18(12-26)21(31-13-20(25)28)14-3-7-16(8-4-14)23-32(29,30)17-9-5-15(22)6-10-17/h3-10,18,21,23,26H,11-13H2,1-2H3/t18-,21-/m1/s1. The van der Waals surface area contributed by atoms with Crippen LogP contribution in [0.5, 0.6) is 0 Å². The molecule has 1 fully saturated rings. The van der Waals surface area contributed by atoms with Crippen LogP contribution in [-0.4, -0.2) is 75.0 Å². The lowest BCUT2D eigenvalue weighted by molar-refractivity contribution is -0.164. The second kappa shape index (κ2) is 9.63. The van der Waals surface area contributed by atoms with Crippen LogP contribution < -0.4 is 4.72 Å². The lowest BCUT2D eigenvalue weighted by Crippen LogP contribution is -2.55. The Bertz CT molecular complexity index is 1070. The molecule has 1 aliphatic rings. The molecule has 0 bridgehead atoms. The molecule has 9 nitrogen and oxygen atoms in total. The van der Waals surface area contributed by atoms with E-state index in [1.807, 2.05) is 0 Å². The molecular formula is C21H24FN3O6S. The molecule has 2 amide bonds. The maximum Gasteiger partial charge on any atom is 0.261 e. The van der Waals surface area contributed by atoms with Crippen LogP contribution in [0.15, 0.2) is 53.4 Å². The van der Waals surface area contributed by atoms with Crippen molar-refractivity contribution in [1.82, 2.24) is 9.80 Å². The minimum atomic E-state index is -3.90. The number of likely N-dealkylation sites (N-methyl/N-ethyl adjacent to an activating group) is 1. The molecule has 2 aromatic carbocycles. The molecule has 0 aromatic heterocycles. The second-order valence-electron chi connectivity index (χ2n) is 7.47. The Kier molecular flexibility index (Phi) is 7.12. The number of nitrogens with one attached hydrogen (secondary N) is 1. The number of carbonyl (C=O) groups excluding carboxylic acids is 2. The number of sulfonamides is 1. The van der Waals surface area contributed by atoms with Crippen molar-refractivity contribution in [3.05, 3.63) is 59.9 Å². The summed E-state index contributed by atoms with van der Waals surface area (Å²) in [6.45, 7) is -0.858.